The van der Waals surface area contributed by atoms with Gasteiger partial charge in [0.25, 0.3) is 5.56 Å². The van der Waals surface area contributed by atoms with Crippen LogP contribution in [0.3, 0.4) is 0 Å². The van der Waals surface area contributed by atoms with Crippen LogP contribution in [0, 0.1) is 0 Å². The second-order valence-electron chi connectivity index (χ2n) is 8.23. The van der Waals surface area contributed by atoms with Gasteiger partial charge in [-0.15, -0.1) is 0 Å². The van der Waals surface area contributed by atoms with Crippen LogP contribution in [0.15, 0.2) is 64.2 Å². The smallest absolute Gasteiger partial charge is 0.331 e. The minimum atomic E-state index is -0.595. The van der Waals surface area contributed by atoms with Gasteiger partial charge >= 0.3 is 5.69 Å². The van der Waals surface area contributed by atoms with Crippen molar-refractivity contribution in [2.24, 2.45) is 0 Å². The van der Waals surface area contributed by atoms with Crippen LogP contribution in [0.25, 0.3) is 10.9 Å². The van der Waals surface area contributed by atoms with E-state index >= 15 is 0 Å². The van der Waals surface area contributed by atoms with Crippen LogP contribution in [0.2, 0.25) is 0 Å². The number of fused-ring (bicyclic) bond motifs is 3. The number of benzene rings is 2. The molecule has 0 radical (unpaired) electrons. The summed E-state index contributed by atoms with van der Waals surface area (Å²) in [6, 6.07) is 17.4. The average Bonchev–Trinajstić information content (AvgIpc) is 3.18. The second-order valence-corrected chi connectivity index (χ2v) is 8.23. The number of rotatable bonds is 5. The summed E-state index contributed by atoms with van der Waals surface area (Å²) in [6.45, 7) is 3.79. The van der Waals surface area contributed by atoms with Gasteiger partial charge in [0.1, 0.15) is 5.56 Å². The summed E-state index contributed by atoms with van der Waals surface area (Å²) in [5.74, 6) is -0.260. The zero-order valence-electron chi connectivity index (χ0n) is 18.0. The van der Waals surface area contributed by atoms with Gasteiger partial charge in [0.15, 0.2) is 0 Å². The molecule has 0 unspecified atom stereocenters. The number of nitrogens with one attached hydrogen (secondary N) is 2. The normalized spacial score (nSPS) is 16.3. The minimum absolute atomic E-state index is 0.215. The highest BCUT2D eigenvalue weighted by Gasteiger charge is 2.35. The highest BCUT2D eigenvalue weighted by Crippen LogP contribution is 2.39. The van der Waals surface area contributed by atoms with Crippen LogP contribution >= 0.6 is 0 Å². The van der Waals surface area contributed by atoms with Gasteiger partial charge in [0.05, 0.1) is 6.04 Å². The molecular weight excluding hydrogens is 404 g/mol. The van der Waals surface area contributed by atoms with E-state index in [-0.39, 0.29) is 18.0 Å². The van der Waals surface area contributed by atoms with Gasteiger partial charge in [-0.25, -0.2) is 4.79 Å². The summed E-state index contributed by atoms with van der Waals surface area (Å²) in [6.07, 6.45) is 1.43. The molecular formula is C25H26N4O3. The number of aromatic hydroxyl groups is 1. The van der Waals surface area contributed by atoms with Gasteiger partial charge < -0.3 is 10.1 Å². The van der Waals surface area contributed by atoms with E-state index in [4.69, 9.17) is 0 Å². The Hall–Kier alpha value is -3.58. The summed E-state index contributed by atoms with van der Waals surface area (Å²) in [7, 11) is 0. The molecule has 7 nitrogen and oxygen atoms in total. The quantitative estimate of drug-likeness (QED) is 0.454. The van der Waals surface area contributed by atoms with Gasteiger partial charge in [-0.1, -0.05) is 55.5 Å². The van der Waals surface area contributed by atoms with Crippen LogP contribution in [0.5, 0.6) is 5.88 Å². The molecule has 32 heavy (non-hydrogen) atoms. The Morgan fingerprint density at radius 1 is 1.03 bits per heavy atom. The third-order valence-corrected chi connectivity index (χ3v) is 6.49. The van der Waals surface area contributed by atoms with Crippen LogP contribution in [0.4, 0.5) is 0 Å². The number of para-hydroxylation sites is 1. The topological polar surface area (TPSA) is 94.1 Å². The maximum Gasteiger partial charge on any atom is 0.331 e. The van der Waals surface area contributed by atoms with Crippen molar-refractivity contribution >= 4 is 10.9 Å². The van der Waals surface area contributed by atoms with Gasteiger partial charge in [-0.3, -0.25) is 19.2 Å². The highest BCUT2D eigenvalue weighted by molar-refractivity contribution is 5.85. The van der Waals surface area contributed by atoms with Crippen molar-refractivity contribution in [1.82, 2.24) is 19.4 Å². The lowest BCUT2D eigenvalue weighted by molar-refractivity contribution is 0.214. The SMILES string of the molecule is CCN1CCc2c([nH]c3ccccc23)[C@@H]1c1c(O)n(CCc2ccccc2)c(=O)[nH]c1=O. The molecule has 0 spiro atoms. The van der Waals surface area contributed by atoms with Crippen molar-refractivity contribution in [3.63, 3.8) is 0 Å². The summed E-state index contributed by atoms with van der Waals surface area (Å²) >= 11 is 0. The number of likely N-dealkylation sites (N-methyl/N-ethyl adjacent to an activating group) is 1. The van der Waals surface area contributed by atoms with E-state index in [0.29, 0.717) is 13.0 Å². The number of hydrogen-bond acceptors (Lipinski definition) is 4. The highest BCUT2D eigenvalue weighted by atomic mass is 16.3. The number of nitrogens with zero attached hydrogens (tertiary/aromatic N) is 2. The number of aryl methyl sites for hydroxylation is 1. The minimum Gasteiger partial charge on any atom is -0.494 e. The Morgan fingerprint density at radius 3 is 2.56 bits per heavy atom. The maximum atomic E-state index is 13.0. The van der Waals surface area contributed by atoms with E-state index in [1.54, 1.807) is 0 Å². The van der Waals surface area contributed by atoms with Gasteiger partial charge in [-0.2, -0.15) is 0 Å². The molecule has 1 atom stereocenters. The summed E-state index contributed by atoms with van der Waals surface area (Å²) in [4.78, 5) is 33.7. The van der Waals surface area contributed by atoms with E-state index in [9.17, 15) is 14.7 Å². The van der Waals surface area contributed by atoms with E-state index in [0.717, 1.165) is 40.7 Å². The molecule has 164 valence electrons. The van der Waals surface area contributed by atoms with E-state index in [2.05, 4.69) is 20.9 Å². The number of aromatic nitrogens is 3. The molecule has 1 aliphatic rings. The van der Waals surface area contributed by atoms with Gasteiger partial charge in [0.2, 0.25) is 5.88 Å². The summed E-state index contributed by atoms with van der Waals surface area (Å²) < 4.78 is 1.27. The third kappa shape index (κ3) is 3.35. The predicted molar refractivity (Wildman–Crippen MR) is 124 cm³/mol. The lowest BCUT2D eigenvalue weighted by atomic mass is 9.93. The molecule has 0 bridgehead atoms. The fraction of sp³-hybridized carbons (Fsp3) is 0.280. The largest absolute Gasteiger partial charge is 0.494 e. The first-order valence-corrected chi connectivity index (χ1v) is 11.0. The zero-order valence-corrected chi connectivity index (χ0v) is 18.0. The number of H-pyrrole nitrogens is 2. The predicted octanol–water partition coefficient (Wildman–Crippen LogP) is 2.93. The van der Waals surface area contributed by atoms with Crippen molar-refractivity contribution < 1.29 is 5.11 Å². The number of hydrogen-bond donors (Lipinski definition) is 3. The van der Waals surface area contributed by atoms with Crippen molar-refractivity contribution in [2.45, 2.75) is 32.4 Å². The van der Waals surface area contributed by atoms with E-state index in [1.165, 1.54) is 4.57 Å². The second kappa shape index (κ2) is 8.16. The maximum absolute atomic E-state index is 13.0. The van der Waals surface area contributed by atoms with Crippen molar-refractivity contribution in [3.05, 3.63) is 97.8 Å². The van der Waals surface area contributed by atoms with Crippen LogP contribution < -0.4 is 11.2 Å². The molecule has 4 aromatic rings. The Morgan fingerprint density at radius 2 is 1.78 bits per heavy atom. The van der Waals surface area contributed by atoms with Crippen LogP contribution in [-0.2, 0) is 19.4 Å². The summed E-state index contributed by atoms with van der Waals surface area (Å²) in [5.41, 5.74) is 3.21. The Kier molecular flexibility index (Phi) is 5.19. The first-order chi connectivity index (χ1) is 15.6. The lowest BCUT2D eigenvalue weighted by Crippen LogP contribution is -2.41. The molecule has 2 aromatic carbocycles. The first-order valence-electron chi connectivity index (χ1n) is 11.0. The van der Waals surface area contributed by atoms with Crippen LogP contribution in [0.1, 0.15) is 35.3 Å². The number of aromatic amines is 2. The van der Waals surface area contributed by atoms with E-state index in [1.807, 2.05) is 55.5 Å². The fourth-order valence-electron chi connectivity index (χ4n) is 4.87. The summed E-state index contributed by atoms with van der Waals surface area (Å²) in [5, 5.41) is 12.3. The molecule has 5 rings (SSSR count). The van der Waals surface area contributed by atoms with Gasteiger partial charge in [0, 0.05) is 29.7 Å². The molecule has 3 N–H and O–H groups in total. The molecule has 0 fully saturated rings. The first kappa shape index (κ1) is 20.3. The monoisotopic (exact) mass is 430 g/mol. The Balaban J connectivity index is 1.64. The Bertz CT molecular complexity index is 1380. The van der Waals surface area contributed by atoms with Crippen molar-refractivity contribution in [1.29, 1.82) is 0 Å². The average molecular weight is 431 g/mol. The molecule has 1 aliphatic heterocycles. The van der Waals surface area contributed by atoms with Crippen LogP contribution in [-0.4, -0.2) is 37.6 Å². The molecule has 0 amide bonds. The lowest BCUT2D eigenvalue weighted by Gasteiger charge is -2.35. The molecule has 2 aromatic heterocycles. The molecule has 0 aliphatic carbocycles. The van der Waals surface area contributed by atoms with Crippen molar-refractivity contribution in [3.8, 4) is 5.88 Å². The van der Waals surface area contributed by atoms with Gasteiger partial charge in [-0.05, 0) is 36.6 Å². The van der Waals surface area contributed by atoms with Crippen molar-refractivity contribution in [2.75, 3.05) is 13.1 Å². The molecule has 0 saturated heterocycles. The molecule has 0 saturated carbocycles. The zero-order chi connectivity index (χ0) is 22.2. The molecule has 7 heteroatoms. The standard InChI is InChI=1S/C25H26N4O3/c1-2-28-14-13-18-17-10-6-7-11-19(17)26-21(18)22(28)20-23(30)27-25(32)29(24(20)31)15-12-16-8-4-3-5-9-16/h3-11,22,26,31H,2,12-15H2,1H3,(H,27,30,32)/t22-/m0/s1. The Labute approximate surface area is 185 Å². The molecule has 3 heterocycles. The van der Waals surface area contributed by atoms with E-state index < -0.39 is 17.3 Å². The third-order valence-electron chi connectivity index (χ3n) is 6.49. The fourth-order valence-corrected chi connectivity index (χ4v) is 4.87.